The van der Waals surface area contributed by atoms with Crippen molar-refractivity contribution in [2.45, 2.75) is 11.3 Å². The van der Waals surface area contributed by atoms with Crippen molar-refractivity contribution < 1.29 is 13.2 Å². The van der Waals surface area contributed by atoms with Crippen LogP contribution < -0.4 is 10.0 Å². The summed E-state index contributed by atoms with van der Waals surface area (Å²) in [7, 11) is -3.77. The molecule has 1 fully saturated rings. The molecule has 1 aliphatic rings. The number of hydrogen-bond acceptors (Lipinski definition) is 7. The Morgan fingerprint density at radius 1 is 0.900 bits per heavy atom. The molecule has 1 aromatic heterocycles. The van der Waals surface area contributed by atoms with Crippen LogP contribution >= 0.6 is 0 Å². The highest BCUT2D eigenvalue weighted by Crippen LogP contribution is 2.24. The molecule has 0 amide bonds. The fraction of sp³-hybridized carbons (Fsp3) is 0.333. The van der Waals surface area contributed by atoms with Gasteiger partial charge in [0.15, 0.2) is 11.6 Å². The van der Waals surface area contributed by atoms with Gasteiger partial charge in [0.1, 0.15) is 0 Å². The molecule has 3 aromatic rings. The van der Waals surface area contributed by atoms with Crippen LogP contribution in [0.3, 0.4) is 0 Å². The van der Waals surface area contributed by atoms with Crippen LogP contribution in [0.1, 0.15) is 6.42 Å². The van der Waals surface area contributed by atoms with Gasteiger partial charge < -0.3 is 10.1 Å². The number of nitrogens with zero attached hydrogens (tertiary/aromatic N) is 3. The second-order valence-electron chi connectivity index (χ2n) is 7.06. The summed E-state index contributed by atoms with van der Waals surface area (Å²) in [6, 6.07) is 15.6. The number of aromatic nitrogens is 2. The van der Waals surface area contributed by atoms with Gasteiger partial charge in [-0.1, -0.05) is 30.3 Å². The highest BCUT2D eigenvalue weighted by Gasteiger charge is 2.18. The molecule has 1 aliphatic heterocycles. The van der Waals surface area contributed by atoms with Gasteiger partial charge in [0.05, 0.1) is 29.1 Å². The smallest absolute Gasteiger partial charge is 0.263 e. The van der Waals surface area contributed by atoms with E-state index in [2.05, 4.69) is 24.9 Å². The molecule has 2 heterocycles. The number of anilines is 2. The van der Waals surface area contributed by atoms with Gasteiger partial charge in [-0.15, -0.1) is 0 Å². The van der Waals surface area contributed by atoms with E-state index in [0.717, 1.165) is 39.3 Å². The van der Waals surface area contributed by atoms with Crippen molar-refractivity contribution in [3.8, 4) is 0 Å². The summed E-state index contributed by atoms with van der Waals surface area (Å²) >= 11 is 0. The molecule has 158 valence electrons. The molecule has 0 atom stereocenters. The lowest BCUT2D eigenvalue weighted by Gasteiger charge is -2.26. The molecular weight excluding hydrogens is 402 g/mol. The summed E-state index contributed by atoms with van der Waals surface area (Å²) in [5, 5.41) is 3.26. The molecule has 0 radical (unpaired) electrons. The summed E-state index contributed by atoms with van der Waals surface area (Å²) in [4.78, 5) is 11.7. The standard InChI is InChI=1S/C21H25N5O3S/c27-30(28,17-7-2-1-3-8-17)25-21-20(23-18-9-4-5-10-19(18)24-21)22-11-6-12-26-13-15-29-16-14-26/h1-5,7-10H,6,11-16H2,(H,22,23)(H,24,25). The molecule has 0 unspecified atom stereocenters. The summed E-state index contributed by atoms with van der Waals surface area (Å²) in [5.74, 6) is 0.624. The Morgan fingerprint density at radius 2 is 1.53 bits per heavy atom. The average Bonchev–Trinajstić information content (AvgIpc) is 2.78. The second kappa shape index (κ2) is 9.38. The first-order valence-electron chi connectivity index (χ1n) is 10.0. The number of para-hydroxylation sites is 2. The van der Waals surface area contributed by atoms with Gasteiger partial charge in [-0.05, 0) is 37.2 Å². The van der Waals surface area contributed by atoms with Crippen molar-refractivity contribution in [3.05, 3.63) is 54.6 Å². The number of benzene rings is 2. The van der Waals surface area contributed by atoms with Crippen molar-refractivity contribution in [3.63, 3.8) is 0 Å². The van der Waals surface area contributed by atoms with Crippen molar-refractivity contribution >= 4 is 32.7 Å². The Kier molecular flexibility index (Phi) is 6.41. The second-order valence-corrected chi connectivity index (χ2v) is 8.74. The first-order chi connectivity index (χ1) is 14.6. The molecule has 2 aromatic carbocycles. The average molecular weight is 428 g/mol. The van der Waals surface area contributed by atoms with E-state index < -0.39 is 10.0 Å². The minimum Gasteiger partial charge on any atom is -0.379 e. The van der Waals surface area contributed by atoms with E-state index in [1.54, 1.807) is 30.3 Å². The number of nitrogens with one attached hydrogen (secondary N) is 2. The van der Waals surface area contributed by atoms with Gasteiger partial charge in [0.25, 0.3) is 10.0 Å². The van der Waals surface area contributed by atoms with Gasteiger partial charge in [-0.2, -0.15) is 0 Å². The molecule has 9 heteroatoms. The number of ether oxygens (including phenoxy) is 1. The van der Waals surface area contributed by atoms with E-state index in [1.807, 2.05) is 24.3 Å². The molecule has 2 N–H and O–H groups in total. The summed E-state index contributed by atoms with van der Waals surface area (Å²) in [6.45, 7) is 5.03. The number of rotatable bonds is 8. The lowest BCUT2D eigenvalue weighted by Crippen LogP contribution is -2.37. The maximum Gasteiger partial charge on any atom is 0.263 e. The van der Waals surface area contributed by atoms with Crippen LogP contribution in [0.5, 0.6) is 0 Å². The molecule has 30 heavy (non-hydrogen) atoms. The molecule has 4 rings (SSSR count). The van der Waals surface area contributed by atoms with E-state index in [0.29, 0.717) is 23.4 Å². The number of morpholine rings is 1. The van der Waals surface area contributed by atoms with Crippen LogP contribution in [0.2, 0.25) is 0 Å². The van der Waals surface area contributed by atoms with E-state index in [1.165, 1.54) is 0 Å². The zero-order valence-electron chi connectivity index (χ0n) is 16.6. The van der Waals surface area contributed by atoms with Crippen LogP contribution in [0.4, 0.5) is 11.6 Å². The van der Waals surface area contributed by atoms with E-state index >= 15 is 0 Å². The van der Waals surface area contributed by atoms with Crippen LogP contribution in [0, 0.1) is 0 Å². The fourth-order valence-electron chi connectivity index (χ4n) is 3.31. The zero-order valence-corrected chi connectivity index (χ0v) is 17.4. The Morgan fingerprint density at radius 3 is 2.23 bits per heavy atom. The highest BCUT2D eigenvalue weighted by atomic mass is 32.2. The van der Waals surface area contributed by atoms with Gasteiger partial charge in [0.2, 0.25) is 0 Å². The largest absolute Gasteiger partial charge is 0.379 e. The maximum atomic E-state index is 12.8. The van der Waals surface area contributed by atoms with Crippen LogP contribution in [0.15, 0.2) is 59.5 Å². The molecule has 0 saturated carbocycles. The van der Waals surface area contributed by atoms with Gasteiger partial charge in [0, 0.05) is 19.6 Å². The molecular formula is C21H25N5O3S. The highest BCUT2D eigenvalue weighted by molar-refractivity contribution is 7.92. The molecule has 0 spiro atoms. The van der Waals surface area contributed by atoms with Crippen molar-refractivity contribution in [1.82, 2.24) is 14.9 Å². The Balaban J connectivity index is 1.52. The van der Waals surface area contributed by atoms with E-state index in [9.17, 15) is 8.42 Å². The molecule has 1 saturated heterocycles. The van der Waals surface area contributed by atoms with Gasteiger partial charge in [-0.3, -0.25) is 9.62 Å². The summed E-state index contributed by atoms with van der Waals surface area (Å²) in [6.07, 6.45) is 0.902. The third kappa shape index (κ3) is 5.05. The minimum atomic E-state index is -3.77. The lowest BCUT2D eigenvalue weighted by molar-refractivity contribution is 0.0378. The topological polar surface area (TPSA) is 96.5 Å². The lowest BCUT2D eigenvalue weighted by atomic mass is 10.3. The van der Waals surface area contributed by atoms with Gasteiger partial charge in [-0.25, -0.2) is 18.4 Å². The maximum absolute atomic E-state index is 12.8. The summed E-state index contributed by atoms with van der Waals surface area (Å²) < 4.78 is 33.6. The third-order valence-corrected chi connectivity index (χ3v) is 6.26. The number of fused-ring (bicyclic) bond motifs is 1. The van der Waals surface area contributed by atoms with Crippen molar-refractivity contribution in [1.29, 1.82) is 0 Å². The quantitative estimate of drug-likeness (QED) is 0.533. The Hall–Kier alpha value is -2.75. The summed E-state index contributed by atoms with van der Waals surface area (Å²) in [5.41, 5.74) is 1.33. The van der Waals surface area contributed by atoms with Crippen LogP contribution in [0.25, 0.3) is 11.0 Å². The normalized spacial score (nSPS) is 15.2. The monoisotopic (exact) mass is 427 g/mol. The fourth-order valence-corrected chi connectivity index (χ4v) is 4.34. The SMILES string of the molecule is O=S(=O)(Nc1nc2ccccc2nc1NCCCN1CCOCC1)c1ccccc1. The Bertz CT molecular complexity index is 1090. The number of sulfonamides is 1. The third-order valence-electron chi connectivity index (χ3n) is 4.90. The first-order valence-corrected chi connectivity index (χ1v) is 11.5. The predicted molar refractivity (Wildman–Crippen MR) is 117 cm³/mol. The van der Waals surface area contributed by atoms with Crippen LogP contribution in [-0.2, 0) is 14.8 Å². The molecule has 8 nitrogen and oxygen atoms in total. The van der Waals surface area contributed by atoms with Crippen molar-refractivity contribution in [2.24, 2.45) is 0 Å². The molecule has 0 bridgehead atoms. The van der Waals surface area contributed by atoms with Gasteiger partial charge >= 0.3 is 0 Å². The zero-order chi connectivity index (χ0) is 20.8. The first kappa shape index (κ1) is 20.5. The van der Waals surface area contributed by atoms with E-state index in [4.69, 9.17) is 4.74 Å². The van der Waals surface area contributed by atoms with Crippen LogP contribution in [-0.4, -0.2) is 62.7 Å². The van der Waals surface area contributed by atoms with E-state index in [-0.39, 0.29) is 10.7 Å². The Labute approximate surface area is 176 Å². The number of hydrogen-bond donors (Lipinski definition) is 2. The molecule has 0 aliphatic carbocycles. The van der Waals surface area contributed by atoms with Crippen molar-refractivity contribution in [2.75, 3.05) is 49.4 Å². The minimum absolute atomic E-state index is 0.179. The predicted octanol–water partition coefficient (Wildman–Crippen LogP) is 2.56.